The third kappa shape index (κ3) is 4.03. The van der Waals surface area contributed by atoms with Gasteiger partial charge in [-0.05, 0) is 60.4 Å². The maximum Gasteiger partial charge on any atom is 0.320 e. The summed E-state index contributed by atoms with van der Waals surface area (Å²) in [6, 6.07) is 9.10. The number of nitrogens with zero attached hydrogens (tertiary/aromatic N) is 1. The van der Waals surface area contributed by atoms with Crippen molar-refractivity contribution >= 4 is 23.3 Å². The molecule has 1 heterocycles. The van der Waals surface area contributed by atoms with Gasteiger partial charge in [-0.15, -0.1) is 0 Å². The molecule has 0 fully saturated rings. The normalized spacial score (nSPS) is 16.4. The van der Waals surface area contributed by atoms with Gasteiger partial charge in [-0.2, -0.15) is 0 Å². The number of benzene rings is 2. The Balaban J connectivity index is 2.13. The highest BCUT2D eigenvalue weighted by Crippen LogP contribution is 2.42. The third-order valence-corrected chi connectivity index (χ3v) is 5.19. The van der Waals surface area contributed by atoms with Gasteiger partial charge in [0.1, 0.15) is 0 Å². The monoisotopic (exact) mass is 404 g/mol. The zero-order chi connectivity index (χ0) is 20.3. The summed E-state index contributed by atoms with van der Waals surface area (Å²) >= 11 is 6.26. The number of methoxy groups -OCH3 is 2. The van der Waals surface area contributed by atoms with Gasteiger partial charge in [0.25, 0.3) is 0 Å². The number of fused-ring (bicyclic) bond motifs is 1. The molecule has 6 nitrogen and oxygen atoms in total. The number of carbonyl (C=O) groups excluding carboxylic acids is 1. The van der Waals surface area contributed by atoms with Crippen molar-refractivity contribution in [1.29, 1.82) is 0 Å². The van der Waals surface area contributed by atoms with Gasteiger partial charge in [-0.1, -0.05) is 11.6 Å². The molecule has 0 aromatic heterocycles. The van der Waals surface area contributed by atoms with Crippen LogP contribution in [0.15, 0.2) is 30.3 Å². The van der Waals surface area contributed by atoms with Crippen molar-refractivity contribution in [3.63, 3.8) is 0 Å². The predicted molar refractivity (Wildman–Crippen MR) is 109 cm³/mol. The van der Waals surface area contributed by atoms with Crippen LogP contribution in [0.5, 0.6) is 11.5 Å². The summed E-state index contributed by atoms with van der Waals surface area (Å²) in [5.41, 5.74) is 9.91. The fourth-order valence-corrected chi connectivity index (χ4v) is 3.87. The fourth-order valence-electron chi connectivity index (χ4n) is 3.69. The summed E-state index contributed by atoms with van der Waals surface area (Å²) in [7, 11) is 3.22. The topological polar surface area (TPSA) is 74.0 Å². The summed E-state index contributed by atoms with van der Waals surface area (Å²) in [5.74, 6) is 1.04. The van der Waals surface area contributed by atoms with Crippen LogP contribution in [0, 0.1) is 0 Å². The second-order valence-electron chi connectivity index (χ2n) is 6.61. The number of ether oxygens (including phenoxy) is 3. The molecule has 1 aliphatic heterocycles. The van der Waals surface area contributed by atoms with Crippen LogP contribution in [0.3, 0.4) is 0 Å². The first-order valence-corrected chi connectivity index (χ1v) is 9.55. The van der Waals surface area contributed by atoms with E-state index in [4.69, 9.17) is 31.5 Å². The molecule has 28 heavy (non-hydrogen) atoms. The van der Waals surface area contributed by atoms with Gasteiger partial charge in [-0.3, -0.25) is 9.69 Å². The van der Waals surface area contributed by atoms with Crippen LogP contribution in [-0.2, 0) is 16.0 Å². The molecule has 0 saturated carbocycles. The van der Waals surface area contributed by atoms with E-state index in [2.05, 4.69) is 4.90 Å². The third-order valence-electron chi connectivity index (χ3n) is 4.95. The number of anilines is 1. The van der Waals surface area contributed by atoms with E-state index in [9.17, 15) is 4.79 Å². The number of hydrogen-bond acceptors (Lipinski definition) is 6. The molecule has 0 bridgehead atoms. The zero-order valence-corrected chi connectivity index (χ0v) is 17.1. The second kappa shape index (κ2) is 8.71. The van der Waals surface area contributed by atoms with E-state index in [1.807, 2.05) is 18.2 Å². The van der Waals surface area contributed by atoms with Crippen LogP contribution in [-0.4, -0.2) is 44.8 Å². The molecule has 0 aliphatic carbocycles. The second-order valence-corrected chi connectivity index (χ2v) is 7.04. The molecule has 150 valence electrons. The lowest BCUT2D eigenvalue weighted by molar-refractivity contribution is -0.145. The van der Waals surface area contributed by atoms with Crippen LogP contribution in [0.2, 0.25) is 5.02 Å². The summed E-state index contributed by atoms with van der Waals surface area (Å²) < 4.78 is 16.1. The van der Waals surface area contributed by atoms with Crippen LogP contribution in [0.25, 0.3) is 0 Å². The largest absolute Gasteiger partial charge is 0.493 e. The Bertz CT molecular complexity index is 872. The first-order valence-electron chi connectivity index (χ1n) is 9.17. The SMILES string of the molecule is CCOC(=O)CN1CCc2cc(OC)c(OC)cc2[C@H]1c1cc(Cl)ccc1N. The minimum absolute atomic E-state index is 0.165. The van der Waals surface area contributed by atoms with Crippen molar-refractivity contribution in [3.8, 4) is 11.5 Å². The number of nitrogens with two attached hydrogens (primary N) is 1. The smallest absolute Gasteiger partial charge is 0.320 e. The van der Waals surface area contributed by atoms with E-state index in [1.165, 1.54) is 0 Å². The number of halogens is 1. The molecule has 0 amide bonds. The van der Waals surface area contributed by atoms with E-state index in [0.29, 0.717) is 35.4 Å². The van der Waals surface area contributed by atoms with Gasteiger partial charge in [0, 0.05) is 17.3 Å². The fraction of sp³-hybridized carbons (Fsp3) is 0.381. The van der Waals surface area contributed by atoms with Crippen LogP contribution < -0.4 is 15.2 Å². The van der Waals surface area contributed by atoms with E-state index >= 15 is 0 Å². The lowest BCUT2D eigenvalue weighted by atomic mass is 9.87. The van der Waals surface area contributed by atoms with Crippen LogP contribution in [0.4, 0.5) is 5.69 Å². The van der Waals surface area contributed by atoms with E-state index < -0.39 is 0 Å². The van der Waals surface area contributed by atoms with Gasteiger partial charge < -0.3 is 19.9 Å². The van der Waals surface area contributed by atoms with Crippen molar-refractivity contribution in [2.45, 2.75) is 19.4 Å². The molecular formula is C21H25ClN2O4. The van der Waals surface area contributed by atoms with Crippen molar-refractivity contribution in [3.05, 3.63) is 52.0 Å². The molecule has 0 unspecified atom stereocenters. The molecule has 2 aromatic rings. The first kappa shape index (κ1) is 20.3. The maximum atomic E-state index is 12.2. The molecule has 2 N–H and O–H groups in total. The molecule has 2 aromatic carbocycles. The Labute approximate surface area is 170 Å². The van der Waals surface area contributed by atoms with E-state index in [0.717, 1.165) is 23.1 Å². The Kier molecular flexibility index (Phi) is 6.31. The van der Waals surface area contributed by atoms with Crippen LogP contribution in [0.1, 0.15) is 29.7 Å². The maximum absolute atomic E-state index is 12.2. The highest BCUT2D eigenvalue weighted by molar-refractivity contribution is 6.30. The van der Waals surface area contributed by atoms with E-state index in [1.54, 1.807) is 33.3 Å². The van der Waals surface area contributed by atoms with Gasteiger partial charge in [0.2, 0.25) is 0 Å². The van der Waals surface area contributed by atoms with Crippen molar-refractivity contribution < 1.29 is 19.0 Å². The minimum Gasteiger partial charge on any atom is -0.493 e. The highest BCUT2D eigenvalue weighted by atomic mass is 35.5. The average molecular weight is 405 g/mol. The number of nitrogen functional groups attached to an aromatic ring is 1. The number of rotatable bonds is 6. The summed E-state index contributed by atoms with van der Waals surface area (Å²) in [6.07, 6.45) is 0.770. The minimum atomic E-state index is -0.267. The average Bonchev–Trinajstić information content (AvgIpc) is 2.69. The quantitative estimate of drug-likeness (QED) is 0.587. The molecule has 0 saturated heterocycles. The lowest BCUT2D eigenvalue weighted by Gasteiger charge is -2.38. The standard InChI is InChI=1S/C21H25ClN2O4/c1-4-28-20(25)12-24-8-7-13-9-18(26-2)19(27-3)11-15(13)21(24)16-10-14(22)5-6-17(16)23/h5-6,9-11,21H,4,7-8,12,23H2,1-3H3/t21-/m0/s1. The number of hydrogen-bond donors (Lipinski definition) is 1. The Morgan fingerprint density at radius 1 is 1.18 bits per heavy atom. The summed E-state index contributed by atoms with van der Waals surface area (Å²) in [6.45, 7) is 2.99. The molecule has 7 heteroatoms. The van der Waals surface area contributed by atoms with Crippen molar-refractivity contribution in [2.75, 3.05) is 39.6 Å². The van der Waals surface area contributed by atoms with Gasteiger partial charge in [0.05, 0.1) is 33.4 Å². The molecule has 0 spiro atoms. The molecule has 3 rings (SSSR count). The molecular weight excluding hydrogens is 380 g/mol. The summed E-state index contributed by atoms with van der Waals surface area (Å²) in [5, 5.41) is 0.591. The van der Waals surface area contributed by atoms with Crippen molar-refractivity contribution in [2.24, 2.45) is 0 Å². The Hall–Kier alpha value is -2.44. The molecule has 0 radical (unpaired) electrons. The van der Waals surface area contributed by atoms with Gasteiger partial charge in [-0.25, -0.2) is 0 Å². The molecule has 1 aliphatic rings. The van der Waals surface area contributed by atoms with Crippen molar-refractivity contribution in [1.82, 2.24) is 4.90 Å². The summed E-state index contributed by atoms with van der Waals surface area (Å²) in [4.78, 5) is 14.3. The zero-order valence-electron chi connectivity index (χ0n) is 16.3. The Morgan fingerprint density at radius 3 is 2.57 bits per heavy atom. The highest BCUT2D eigenvalue weighted by Gasteiger charge is 2.33. The van der Waals surface area contributed by atoms with E-state index in [-0.39, 0.29) is 18.6 Å². The van der Waals surface area contributed by atoms with Gasteiger partial charge >= 0.3 is 5.97 Å². The number of carbonyl (C=O) groups is 1. The lowest BCUT2D eigenvalue weighted by Crippen LogP contribution is -2.40. The van der Waals surface area contributed by atoms with Crippen LogP contribution >= 0.6 is 11.6 Å². The first-order chi connectivity index (χ1) is 13.5. The molecule has 1 atom stereocenters. The Morgan fingerprint density at radius 2 is 1.89 bits per heavy atom. The van der Waals surface area contributed by atoms with Gasteiger partial charge in [0.15, 0.2) is 11.5 Å². The predicted octanol–water partition coefficient (Wildman–Crippen LogP) is 3.45. The number of esters is 1.